The molecule has 0 aromatic carbocycles. The van der Waals surface area contributed by atoms with E-state index in [1.165, 1.54) is 55.5 Å². The number of aromatic hydroxyl groups is 1. The maximum absolute atomic E-state index is 10.8. The molecule has 2 aromatic rings. The highest BCUT2D eigenvalue weighted by Gasteiger charge is 2.69. The van der Waals surface area contributed by atoms with Crippen molar-refractivity contribution < 1.29 is 5.11 Å². The van der Waals surface area contributed by atoms with E-state index in [0.29, 0.717) is 36.1 Å². The average Bonchev–Trinajstić information content (AvgIpc) is 3.47. The Labute approximate surface area is 253 Å². The number of rotatable bonds is 3. The average molecular weight is 574 g/mol. The Morgan fingerprint density at radius 2 is 1.64 bits per heavy atom. The first-order valence-electron chi connectivity index (χ1n) is 16.9. The summed E-state index contributed by atoms with van der Waals surface area (Å²) in [5.41, 5.74) is 15.0. The number of hydrogen-bond acceptors (Lipinski definition) is 4. The van der Waals surface area contributed by atoms with E-state index in [1.54, 1.807) is 5.57 Å². The molecule has 7 atom stereocenters. The van der Waals surface area contributed by atoms with Crippen molar-refractivity contribution >= 4 is 0 Å². The Morgan fingerprint density at radius 3 is 2.38 bits per heavy atom. The van der Waals surface area contributed by atoms with E-state index in [4.69, 9.17) is 15.9 Å². The van der Waals surface area contributed by atoms with Crippen molar-refractivity contribution in [3.05, 3.63) is 39.9 Å². The molecule has 0 radical (unpaired) electrons. The quantitative estimate of drug-likeness (QED) is 0.287. The van der Waals surface area contributed by atoms with E-state index in [9.17, 15) is 5.11 Å². The predicted octanol–water partition coefficient (Wildman–Crippen LogP) is 7.42. The van der Waals surface area contributed by atoms with Gasteiger partial charge in [-0.05, 0) is 123 Å². The molecule has 42 heavy (non-hydrogen) atoms. The van der Waals surface area contributed by atoms with Gasteiger partial charge in [-0.25, -0.2) is 5.10 Å². The molecule has 2 aromatic heterocycles. The lowest BCUT2D eigenvalue weighted by Gasteiger charge is -2.70. The smallest absolute Gasteiger partial charge is 0.210 e. The van der Waals surface area contributed by atoms with Crippen molar-refractivity contribution in [2.75, 3.05) is 6.54 Å². The molecule has 2 heterocycles. The molecule has 7 rings (SSSR count). The second kappa shape index (κ2) is 8.76. The molecule has 6 heteroatoms. The third-order valence-electron chi connectivity index (χ3n) is 14.7. The summed E-state index contributed by atoms with van der Waals surface area (Å²) in [6.45, 7) is 20.7. The zero-order valence-electron chi connectivity index (χ0n) is 27.5. The van der Waals surface area contributed by atoms with Gasteiger partial charge in [0.05, 0.1) is 11.4 Å². The summed E-state index contributed by atoms with van der Waals surface area (Å²) < 4.78 is 0. The molecule has 6 nitrogen and oxygen atoms in total. The lowest BCUT2D eigenvalue weighted by atomic mass is 9.33. The summed E-state index contributed by atoms with van der Waals surface area (Å²) in [7, 11) is 0. The fourth-order valence-corrected chi connectivity index (χ4v) is 12.4. The second-order valence-electron chi connectivity index (χ2n) is 17.4. The van der Waals surface area contributed by atoms with Gasteiger partial charge in [-0.1, -0.05) is 60.1 Å². The van der Waals surface area contributed by atoms with Crippen LogP contribution in [0.15, 0.2) is 11.6 Å². The van der Waals surface area contributed by atoms with Crippen LogP contribution in [0.1, 0.15) is 128 Å². The number of H-pyrrole nitrogens is 2. The first-order chi connectivity index (χ1) is 19.6. The molecule has 3 saturated carbocycles. The predicted molar refractivity (Wildman–Crippen MR) is 168 cm³/mol. The maximum atomic E-state index is 10.8. The first-order valence-corrected chi connectivity index (χ1v) is 16.9. The van der Waals surface area contributed by atoms with Crippen LogP contribution in [0.3, 0.4) is 0 Å². The normalized spacial score (nSPS) is 41.5. The zero-order chi connectivity index (χ0) is 30.1. The van der Waals surface area contributed by atoms with Crippen LogP contribution in [0.4, 0.5) is 0 Å². The van der Waals surface area contributed by atoms with E-state index < -0.39 is 0 Å². The SMILES string of the molecule is Cc1[nH]nc2c1C[C@@]1(C)C(CC[C@]3(C)C1CC=C1C4CC(C)(C)CC[C@]4(c4n[nH]c(O)c4CCN)CC[C@]13C)C2(C)C. The van der Waals surface area contributed by atoms with Crippen molar-refractivity contribution in [3.63, 3.8) is 0 Å². The number of nitrogens with zero attached hydrogens (tertiary/aromatic N) is 2. The molecule has 3 unspecified atom stereocenters. The molecule has 0 saturated heterocycles. The number of hydrogen-bond donors (Lipinski definition) is 4. The topological polar surface area (TPSA) is 104 Å². The molecule has 230 valence electrons. The van der Waals surface area contributed by atoms with Crippen molar-refractivity contribution in [2.24, 2.45) is 45.1 Å². The Hall–Kier alpha value is -2.08. The van der Waals surface area contributed by atoms with Crippen LogP contribution in [0, 0.1) is 46.3 Å². The molecule has 5 aliphatic rings. The van der Waals surface area contributed by atoms with Crippen LogP contribution in [0.5, 0.6) is 5.88 Å². The molecule has 5 N–H and O–H groups in total. The number of allylic oxidation sites excluding steroid dienone is 2. The summed E-state index contributed by atoms with van der Waals surface area (Å²) >= 11 is 0. The number of nitrogens with two attached hydrogens (primary N) is 1. The van der Waals surface area contributed by atoms with Crippen molar-refractivity contribution in [1.82, 2.24) is 20.4 Å². The van der Waals surface area contributed by atoms with Crippen LogP contribution in [-0.4, -0.2) is 32.0 Å². The highest BCUT2D eigenvalue weighted by atomic mass is 16.3. The summed E-state index contributed by atoms with van der Waals surface area (Å²) in [6, 6.07) is 0. The van der Waals surface area contributed by atoms with Gasteiger partial charge in [-0.15, -0.1) is 0 Å². The van der Waals surface area contributed by atoms with Crippen molar-refractivity contribution in [2.45, 2.75) is 130 Å². The Bertz CT molecular complexity index is 1450. The number of nitrogens with one attached hydrogen (secondary N) is 2. The van der Waals surface area contributed by atoms with E-state index in [2.05, 4.69) is 71.7 Å². The molecule has 0 amide bonds. The Balaban J connectivity index is 1.35. The van der Waals surface area contributed by atoms with Crippen LogP contribution in [0.2, 0.25) is 0 Å². The van der Waals surface area contributed by atoms with E-state index >= 15 is 0 Å². The van der Waals surface area contributed by atoms with E-state index in [0.717, 1.165) is 30.5 Å². The molecule has 0 spiro atoms. The van der Waals surface area contributed by atoms with Gasteiger partial charge in [0.25, 0.3) is 0 Å². The highest BCUT2D eigenvalue weighted by molar-refractivity contribution is 5.44. The standard InChI is InChI=1S/C36H55N5O/c1-21-23-19-33(6)26(32(4,5)28(23)39-38-21)11-13-35(8)27(33)10-9-24-25-20-31(2,3)14-16-36(25,17-15-34(24,35)7)29-22(12-18-37)30(42)41-40-29/h9,25-27H,10-20,37H2,1-8H3,(H,38,39)(H2,40,41,42)/t25?,26?,27?,33-,34+,35+,36-/m0/s1. The number of fused-ring (bicyclic) bond motifs is 8. The lowest BCUT2D eigenvalue weighted by Crippen LogP contribution is -2.64. The minimum atomic E-state index is -0.0250. The molecule has 3 fully saturated rings. The molecular weight excluding hydrogens is 518 g/mol. The Morgan fingerprint density at radius 1 is 0.929 bits per heavy atom. The third-order valence-corrected chi connectivity index (χ3v) is 14.7. The largest absolute Gasteiger partial charge is 0.493 e. The fraction of sp³-hybridized carbons (Fsp3) is 0.778. The summed E-state index contributed by atoms with van der Waals surface area (Å²) in [6.07, 6.45) is 14.2. The van der Waals surface area contributed by atoms with Crippen molar-refractivity contribution in [1.29, 1.82) is 0 Å². The van der Waals surface area contributed by atoms with Gasteiger partial charge in [0.1, 0.15) is 0 Å². The van der Waals surface area contributed by atoms with E-state index in [-0.39, 0.29) is 33.0 Å². The maximum Gasteiger partial charge on any atom is 0.210 e. The van der Waals surface area contributed by atoms with Crippen LogP contribution in [0.25, 0.3) is 0 Å². The lowest BCUT2D eigenvalue weighted by molar-refractivity contribution is -0.155. The van der Waals surface area contributed by atoms with Gasteiger partial charge < -0.3 is 10.8 Å². The zero-order valence-corrected chi connectivity index (χ0v) is 27.5. The first kappa shape index (κ1) is 28.7. The van der Waals surface area contributed by atoms with Gasteiger partial charge >= 0.3 is 0 Å². The summed E-state index contributed by atoms with van der Waals surface area (Å²) in [4.78, 5) is 0. The van der Waals surface area contributed by atoms with Crippen LogP contribution >= 0.6 is 0 Å². The van der Waals surface area contributed by atoms with Gasteiger partial charge in [0, 0.05) is 22.1 Å². The summed E-state index contributed by atoms with van der Waals surface area (Å²) in [5, 5.41) is 26.9. The van der Waals surface area contributed by atoms with Gasteiger partial charge in [0.15, 0.2) is 0 Å². The number of aromatic nitrogens is 4. The molecule has 0 aliphatic heterocycles. The Kier molecular flexibility index (Phi) is 5.98. The number of aryl methyl sites for hydroxylation is 1. The molecular formula is C36H55N5O. The fourth-order valence-electron chi connectivity index (χ4n) is 12.4. The van der Waals surface area contributed by atoms with Crippen LogP contribution in [-0.2, 0) is 23.7 Å². The number of aromatic amines is 2. The monoisotopic (exact) mass is 573 g/mol. The minimum Gasteiger partial charge on any atom is -0.493 e. The molecule has 0 bridgehead atoms. The third kappa shape index (κ3) is 3.42. The van der Waals surface area contributed by atoms with Gasteiger partial charge in [-0.3, -0.25) is 5.10 Å². The summed E-state index contributed by atoms with van der Waals surface area (Å²) in [5.74, 6) is 1.96. The van der Waals surface area contributed by atoms with Crippen LogP contribution < -0.4 is 5.73 Å². The van der Waals surface area contributed by atoms with E-state index in [1.807, 2.05) is 0 Å². The molecule has 5 aliphatic carbocycles. The van der Waals surface area contributed by atoms with Gasteiger partial charge in [0.2, 0.25) is 5.88 Å². The second-order valence-corrected chi connectivity index (χ2v) is 17.4. The van der Waals surface area contributed by atoms with Gasteiger partial charge in [-0.2, -0.15) is 10.2 Å². The minimum absolute atomic E-state index is 0.0250. The highest BCUT2D eigenvalue weighted by Crippen LogP contribution is 2.75. The van der Waals surface area contributed by atoms with Crippen molar-refractivity contribution in [3.8, 4) is 5.88 Å².